The normalized spacial score (nSPS) is 22.9. The molecule has 1 heterocycles. The number of Topliss-reactive ketones (excluding diaryl/α,β-unsaturated/α-hetero) is 1. The van der Waals surface area contributed by atoms with Crippen LogP contribution in [0.25, 0.3) is 0 Å². The predicted molar refractivity (Wildman–Crippen MR) is 95.9 cm³/mol. The standard InChI is InChI=1S/C21H25NO2/c1-16-19(21(24)18-11-6-3-7-12-18)13-8-14-22(16)20(15-23)17-9-4-2-5-10-17/h2-7,9-12,16,19-20,23H,8,13-15H2,1H3/t16-,19-,20-/m1/s1. The summed E-state index contributed by atoms with van der Waals surface area (Å²) >= 11 is 0. The number of carbonyl (C=O) groups excluding carboxylic acids is 1. The quantitative estimate of drug-likeness (QED) is 0.853. The Bertz CT molecular complexity index is 656. The fraction of sp³-hybridized carbons (Fsp3) is 0.381. The number of carbonyl (C=O) groups is 1. The van der Waals surface area contributed by atoms with Crippen LogP contribution in [0.5, 0.6) is 0 Å². The predicted octanol–water partition coefficient (Wildman–Crippen LogP) is 3.70. The Labute approximate surface area is 143 Å². The lowest BCUT2D eigenvalue weighted by molar-refractivity contribution is 0.0305. The van der Waals surface area contributed by atoms with Crippen LogP contribution in [-0.2, 0) is 0 Å². The molecule has 0 aliphatic carbocycles. The molecule has 0 unspecified atom stereocenters. The van der Waals surface area contributed by atoms with Gasteiger partial charge in [0.2, 0.25) is 0 Å². The van der Waals surface area contributed by atoms with Gasteiger partial charge in [-0.3, -0.25) is 9.69 Å². The van der Waals surface area contributed by atoms with E-state index in [-0.39, 0.29) is 30.4 Å². The van der Waals surface area contributed by atoms with Crippen molar-refractivity contribution in [3.63, 3.8) is 0 Å². The number of ketones is 1. The van der Waals surface area contributed by atoms with Gasteiger partial charge in [0.05, 0.1) is 12.6 Å². The van der Waals surface area contributed by atoms with E-state index in [0.717, 1.165) is 30.5 Å². The van der Waals surface area contributed by atoms with Crippen LogP contribution in [0.3, 0.4) is 0 Å². The highest BCUT2D eigenvalue weighted by Crippen LogP contribution is 2.33. The Kier molecular flexibility index (Phi) is 5.44. The zero-order valence-corrected chi connectivity index (χ0v) is 14.1. The van der Waals surface area contributed by atoms with Crippen molar-refractivity contribution in [2.75, 3.05) is 13.2 Å². The third kappa shape index (κ3) is 3.42. The smallest absolute Gasteiger partial charge is 0.167 e. The second-order valence-electron chi connectivity index (χ2n) is 6.57. The minimum absolute atomic E-state index is 0.0149. The van der Waals surface area contributed by atoms with E-state index in [1.807, 2.05) is 48.5 Å². The SMILES string of the molecule is C[C@@H]1[C@H](C(=O)c2ccccc2)CCCN1[C@H](CO)c1ccccc1. The van der Waals surface area contributed by atoms with Gasteiger partial charge in [0, 0.05) is 17.5 Å². The van der Waals surface area contributed by atoms with Crippen molar-refractivity contribution in [3.05, 3.63) is 71.8 Å². The van der Waals surface area contributed by atoms with E-state index in [1.54, 1.807) is 0 Å². The Morgan fingerprint density at radius 2 is 1.75 bits per heavy atom. The summed E-state index contributed by atoms with van der Waals surface area (Å²) in [4.78, 5) is 15.2. The molecule has 0 bridgehead atoms. The van der Waals surface area contributed by atoms with Crippen LogP contribution in [0.1, 0.15) is 41.7 Å². The van der Waals surface area contributed by atoms with E-state index < -0.39 is 0 Å². The molecule has 1 N–H and O–H groups in total. The molecular weight excluding hydrogens is 298 g/mol. The highest BCUT2D eigenvalue weighted by atomic mass is 16.3. The van der Waals surface area contributed by atoms with E-state index in [2.05, 4.69) is 24.0 Å². The van der Waals surface area contributed by atoms with E-state index in [9.17, 15) is 9.90 Å². The third-order valence-corrected chi connectivity index (χ3v) is 5.19. The number of benzene rings is 2. The van der Waals surface area contributed by atoms with Crippen LogP contribution in [0.4, 0.5) is 0 Å². The van der Waals surface area contributed by atoms with Gasteiger partial charge in [0.15, 0.2) is 5.78 Å². The summed E-state index contributed by atoms with van der Waals surface area (Å²) in [5, 5.41) is 9.96. The van der Waals surface area contributed by atoms with Crippen molar-refractivity contribution < 1.29 is 9.90 Å². The van der Waals surface area contributed by atoms with Crippen molar-refractivity contribution in [1.82, 2.24) is 4.90 Å². The number of aliphatic hydroxyl groups is 1. The molecule has 3 atom stereocenters. The lowest BCUT2D eigenvalue weighted by atomic mass is 9.82. The van der Waals surface area contributed by atoms with Crippen LogP contribution in [0, 0.1) is 5.92 Å². The first-order chi connectivity index (χ1) is 11.7. The van der Waals surface area contributed by atoms with E-state index in [0.29, 0.717) is 0 Å². The number of hydrogen-bond acceptors (Lipinski definition) is 3. The van der Waals surface area contributed by atoms with Crippen LogP contribution in [-0.4, -0.2) is 35.0 Å². The topological polar surface area (TPSA) is 40.5 Å². The first-order valence-corrected chi connectivity index (χ1v) is 8.73. The van der Waals surface area contributed by atoms with E-state index in [1.165, 1.54) is 0 Å². The minimum Gasteiger partial charge on any atom is -0.394 e. The van der Waals surface area contributed by atoms with Crippen LogP contribution in [0.15, 0.2) is 60.7 Å². The fourth-order valence-electron chi connectivity index (χ4n) is 3.85. The van der Waals surface area contributed by atoms with Crippen molar-refractivity contribution in [3.8, 4) is 0 Å². The maximum Gasteiger partial charge on any atom is 0.167 e. The molecule has 126 valence electrons. The van der Waals surface area contributed by atoms with Gasteiger partial charge in [-0.1, -0.05) is 60.7 Å². The summed E-state index contributed by atoms with van der Waals surface area (Å²) < 4.78 is 0. The molecule has 2 aromatic rings. The van der Waals surface area contributed by atoms with Crippen molar-refractivity contribution in [2.45, 2.75) is 31.8 Å². The molecule has 1 fully saturated rings. The Morgan fingerprint density at radius 3 is 2.38 bits per heavy atom. The third-order valence-electron chi connectivity index (χ3n) is 5.19. The number of likely N-dealkylation sites (tertiary alicyclic amines) is 1. The number of hydrogen-bond donors (Lipinski definition) is 1. The Morgan fingerprint density at radius 1 is 1.12 bits per heavy atom. The molecule has 3 nitrogen and oxygen atoms in total. The highest BCUT2D eigenvalue weighted by molar-refractivity contribution is 5.98. The summed E-state index contributed by atoms with van der Waals surface area (Å²) in [5.74, 6) is 0.205. The maximum absolute atomic E-state index is 12.9. The molecule has 0 spiro atoms. The number of rotatable bonds is 5. The summed E-state index contributed by atoms with van der Waals surface area (Å²) in [5.41, 5.74) is 1.90. The van der Waals surface area contributed by atoms with E-state index >= 15 is 0 Å². The van der Waals surface area contributed by atoms with Gasteiger partial charge >= 0.3 is 0 Å². The molecular formula is C21H25NO2. The van der Waals surface area contributed by atoms with Gasteiger partial charge in [0.25, 0.3) is 0 Å². The van der Waals surface area contributed by atoms with E-state index in [4.69, 9.17) is 0 Å². The summed E-state index contributed by atoms with van der Waals surface area (Å²) in [7, 11) is 0. The molecule has 0 aromatic heterocycles. The summed E-state index contributed by atoms with van der Waals surface area (Å²) in [6.07, 6.45) is 1.90. The van der Waals surface area contributed by atoms with Gasteiger partial charge in [-0.15, -0.1) is 0 Å². The molecule has 0 amide bonds. The number of aliphatic hydroxyl groups excluding tert-OH is 1. The molecule has 2 aromatic carbocycles. The largest absolute Gasteiger partial charge is 0.394 e. The second-order valence-corrected chi connectivity index (χ2v) is 6.57. The van der Waals surface area contributed by atoms with Crippen molar-refractivity contribution in [2.24, 2.45) is 5.92 Å². The van der Waals surface area contributed by atoms with Gasteiger partial charge in [-0.05, 0) is 31.9 Å². The molecule has 1 aliphatic rings. The van der Waals surface area contributed by atoms with Gasteiger partial charge in [-0.2, -0.15) is 0 Å². The van der Waals surface area contributed by atoms with Crippen LogP contribution in [0.2, 0.25) is 0 Å². The summed E-state index contributed by atoms with van der Waals surface area (Å²) in [6, 6.07) is 19.7. The minimum atomic E-state index is -0.0485. The average molecular weight is 323 g/mol. The molecule has 0 saturated carbocycles. The lowest BCUT2D eigenvalue weighted by Crippen LogP contribution is -2.48. The zero-order chi connectivity index (χ0) is 16.9. The number of piperidine rings is 1. The monoisotopic (exact) mass is 323 g/mol. The Balaban J connectivity index is 1.82. The van der Waals surface area contributed by atoms with Crippen LogP contribution < -0.4 is 0 Å². The van der Waals surface area contributed by atoms with Gasteiger partial charge in [0.1, 0.15) is 0 Å². The molecule has 1 aliphatic heterocycles. The molecule has 1 saturated heterocycles. The zero-order valence-electron chi connectivity index (χ0n) is 14.1. The lowest BCUT2D eigenvalue weighted by Gasteiger charge is -2.43. The molecule has 3 heteroatoms. The first kappa shape index (κ1) is 16.9. The highest BCUT2D eigenvalue weighted by Gasteiger charge is 2.36. The average Bonchev–Trinajstić information content (AvgIpc) is 2.65. The molecule has 0 radical (unpaired) electrons. The van der Waals surface area contributed by atoms with Crippen LogP contribution >= 0.6 is 0 Å². The second kappa shape index (κ2) is 7.73. The molecule has 24 heavy (non-hydrogen) atoms. The molecule has 3 rings (SSSR count). The Hall–Kier alpha value is -1.97. The van der Waals surface area contributed by atoms with Crippen molar-refractivity contribution in [1.29, 1.82) is 0 Å². The first-order valence-electron chi connectivity index (χ1n) is 8.73. The van der Waals surface area contributed by atoms with Crippen molar-refractivity contribution >= 4 is 5.78 Å². The van der Waals surface area contributed by atoms with Gasteiger partial charge < -0.3 is 5.11 Å². The van der Waals surface area contributed by atoms with Gasteiger partial charge in [-0.25, -0.2) is 0 Å². The number of nitrogens with zero attached hydrogens (tertiary/aromatic N) is 1. The maximum atomic E-state index is 12.9. The fourth-order valence-corrected chi connectivity index (χ4v) is 3.85. The summed E-state index contributed by atoms with van der Waals surface area (Å²) in [6.45, 7) is 3.11.